The molecule has 1 fully saturated rings. The van der Waals surface area contributed by atoms with E-state index >= 15 is 0 Å². The van der Waals surface area contributed by atoms with Crippen LogP contribution < -0.4 is 10.2 Å². The number of anilines is 1. The molecule has 0 radical (unpaired) electrons. The second-order valence-corrected chi connectivity index (χ2v) is 9.71. The molecule has 0 spiro atoms. The molecular formula is C27H29ClN6O. The van der Waals surface area contributed by atoms with Crippen LogP contribution in [0.5, 0.6) is 0 Å². The minimum absolute atomic E-state index is 0.000965. The summed E-state index contributed by atoms with van der Waals surface area (Å²) in [5.74, 6) is 0.895. The Hall–Kier alpha value is -3.45. The lowest BCUT2D eigenvalue weighted by Crippen LogP contribution is -2.40. The molecule has 1 aliphatic rings. The lowest BCUT2D eigenvalue weighted by atomic mass is 9.95. The van der Waals surface area contributed by atoms with E-state index in [9.17, 15) is 4.79 Å². The maximum atomic E-state index is 12.8. The molecule has 1 amide bonds. The monoisotopic (exact) mass is 488 g/mol. The van der Waals surface area contributed by atoms with E-state index in [2.05, 4.69) is 51.6 Å². The van der Waals surface area contributed by atoms with Gasteiger partial charge in [-0.3, -0.25) is 4.79 Å². The first kappa shape index (κ1) is 23.3. The van der Waals surface area contributed by atoms with Gasteiger partial charge in [0.25, 0.3) is 0 Å². The number of piperidine rings is 1. The molecule has 5 rings (SSSR count). The summed E-state index contributed by atoms with van der Waals surface area (Å²) in [6.45, 7) is 8.11. The Balaban J connectivity index is 1.31. The van der Waals surface area contributed by atoms with E-state index in [0.29, 0.717) is 11.6 Å². The van der Waals surface area contributed by atoms with E-state index in [0.717, 1.165) is 65.3 Å². The molecule has 180 valence electrons. The highest BCUT2D eigenvalue weighted by molar-refractivity contribution is 6.30. The summed E-state index contributed by atoms with van der Waals surface area (Å²) in [6.07, 6.45) is 1.54. The molecule has 1 N–H and O–H groups in total. The summed E-state index contributed by atoms with van der Waals surface area (Å²) in [5, 5.41) is 18.7. The topological polar surface area (TPSA) is 75.9 Å². The van der Waals surface area contributed by atoms with Crippen molar-refractivity contribution < 1.29 is 4.79 Å². The van der Waals surface area contributed by atoms with Gasteiger partial charge >= 0.3 is 0 Å². The number of nitrogens with zero attached hydrogens (tertiary/aromatic N) is 5. The zero-order valence-corrected chi connectivity index (χ0v) is 21.0. The maximum Gasteiger partial charge on any atom is 0.223 e. The lowest BCUT2D eigenvalue weighted by Gasteiger charge is -2.32. The summed E-state index contributed by atoms with van der Waals surface area (Å²) in [4.78, 5) is 15.0. The van der Waals surface area contributed by atoms with Crippen LogP contribution in [0.1, 0.15) is 35.4 Å². The Kier molecular flexibility index (Phi) is 6.43. The molecule has 1 saturated heterocycles. The quantitative estimate of drug-likeness (QED) is 0.431. The number of benzene rings is 2. The van der Waals surface area contributed by atoms with Crippen LogP contribution in [-0.2, 0) is 11.3 Å². The minimum Gasteiger partial charge on any atom is -0.353 e. The van der Waals surface area contributed by atoms with E-state index in [1.807, 2.05) is 42.8 Å². The van der Waals surface area contributed by atoms with Crippen molar-refractivity contribution in [3.63, 3.8) is 0 Å². The number of aryl methyl sites for hydroxylation is 3. The SMILES string of the molecule is Cc1ccc(CNC(=O)C2CCN(c3nnc(C)c4c(C)n(-c5ccc(Cl)cc5)nc34)CC2)cc1. The zero-order chi connectivity index (χ0) is 24.5. The highest BCUT2D eigenvalue weighted by Crippen LogP contribution is 2.31. The molecule has 4 aromatic rings. The van der Waals surface area contributed by atoms with Crippen molar-refractivity contribution in [2.75, 3.05) is 18.0 Å². The fourth-order valence-electron chi connectivity index (χ4n) is 4.75. The summed E-state index contributed by atoms with van der Waals surface area (Å²) in [5.41, 5.74) is 5.98. The van der Waals surface area contributed by atoms with Crippen LogP contribution in [0.3, 0.4) is 0 Å². The second-order valence-electron chi connectivity index (χ2n) is 9.27. The molecule has 3 heterocycles. The van der Waals surface area contributed by atoms with Gasteiger partial charge in [0.05, 0.1) is 22.5 Å². The fraction of sp³-hybridized carbons (Fsp3) is 0.333. The van der Waals surface area contributed by atoms with Crippen LogP contribution >= 0.6 is 11.6 Å². The standard InChI is InChI=1S/C27H29ClN6O/c1-17-4-6-20(7-5-17)16-29-27(35)21-12-14-33(15-13-21)26-25-24(18(2)30-31-26)19(3)34(32-25)23-10-8-22(28)9-11-23/h4-11,21H,12-16H2,1-3H3,(H,29,35). The third-order valence-corrected chi connectivity index (χ3v) is 7.06. The van der Waals surface area contributed by atoms with Crippen LogP contribution in [0.2, 0.25) is 5.02 Å². The van der Waals surface area contributed by atoms with Gasteiger partial charge in [0.1, 0.15) is 5.52 Å². The third-order valence-electron chi connectivity index (χ3n) is 6.81. The number of hydrogen-bond donors (Lipinski definition) is 1. The maximum absolute atomic E-state index is 12.8. The van der Waals surface area contributed by atoms with Gasteiger partial charge in [-0.2, -0.15) is 10.2 Å². The number of hydrogen-bond acceptors (Lipinski definition) is 5. The number of carbonyl (C=O) groups excluding carboxylic acids is 1. The molecule has 0 aliphatic carbocycles. The van der Waals surface area contributed by atoms with Crippen molar-refractivity contribution in [3.8, 4) is 5.69 Å². The molecule has 0 saturated carbocycles. The molecule has 7 nitrogen and oxygen atoms in total. The Labute approximate surface area is 210 Å². The zero-order valence-electron chi connectivity index (χ0n) is 20.3. The predicted molar refractivity (Wildman–Crippen MR) is 139 cm³/mol. The Morgan fingerprint density at radius 3 is 2.37 bits per heavy atom. The molecule has 35 heavy (non-hydrogen) atoms. The van der Waals surface area contributed by atoms with Crippen LogP contribution in [0, 0.1) is 26.7 Å². The molecule has 8 heteroatoms. The molecule has 0 unspecified atom stereocenters. The van der Waals surface area contributed by atoms with Crippen LogP contribution in [0.15, 0.2) is 48.5 Å². The van der Waals surface area contributed by atoms with E-state index in [4.69, 9.17) is 16.7 Å². The molecule has 1 aliphatic heterocycles. The minimum atomic E-state index is -0.000965. The Bertz CT molecular complexity index is 1360. The van der Waals surface area contributed by atoms with Crippen molar-refractivity contribution in [3.05, 3.63) is 76.1 Å². The Morgan fingerprint density at radius 1 is 1.00 bits per heavy atom. The number of fused-ring (bicyclic) bond motifs is 1. The second kappa shape index (κ2) is 9.66. The number of rotatable bonds is 5. The number of carbonyl (C=O) groups is 1. The van der Waals surface area contributed by atoms with Gasteiger partial charge in [0, 0.05) is 30.6 Å². The van der Waals surface area contributed by atoms with Crippen molar-refractivity contribution in [1.29, 1.82) is 0 Å². The third kappa shape index (κ3) is 4.73. The molecule has 2 aromatic heterocycles. The van der Waals surface area contributed by atoms with Gasteiger partial charge < -0.3 is 10.2 Å². The van der Waals surface area contributed by atoms with Crippen molar-refractivity contribution >= 4 is 34.2 Å². The molecular weight excluding hydrogens is 460 g/mol. The van der Waals surface area contributed by atoms with E-state index in [-0.39, 0.29) is 11.8 Å². The molecule has 2 aromatic carbocycles. The van der Waals surface area contributed by atoms with Crippen LogP contribution in [0.25, 0.3) is 16.6 Å². The molecule has 0 atom stereocenters. The average Bonchev–Trinajstić information content (AvgIpc) is 3.22. The van der Waals surface area contributed by atoms with Gasteiger partial charge in [-0.1, -0.05) is 41.4 Å². The van der Waals surface area contributed by atoms with Crippen molar-refractivity contribution in [2.24, 2.45) is 5.92 Å². The van der Waals surface area contributed by atoms with Gasteiger partial charge in [-0.25, -0.2) is 4.68 Å². The van der Waals surface area contributed by atoms with E-state index in [1.165, 1.54) is 5.56 Å². The van der Waals surface area contributed by atoms with Crippen LogP contribution in [-0.4, -0.2) is 39.0 Å². The average molecular weight is 489 g/mol. The smallest absolute Gasteiger partial charge is 0.223 e. The van der Waals surface area contributed by atoms with E-state index in [1.54, 1.807) is 0 Å². The van der Waals surface area contributed by atoms with Crippen LogP contribution in [0.4, 0.5) is 5.82 Å². The summed E-state index contributed by atoms with van der Waals surface area (Å²) in [6, 6.07) is 15.9. The van der Waals surface area contributed by atoms with Gasteiger partial charge in [-0.05, 0) is 63.4 Å². The first-order chi connectivity index (χ1) is 16.9. The largest absolute Gasteiger partial charge is 0.353 e. The first-order valence-electron chi connectivity index (χ1n) is 12.0. The fourth-order valence-corrected chi connectivity index (χ4v) is 4.88. The number of nitrogens with one attached hydrogen (secondary N) is 1. The number of amides is 1. The van der Waals surface area contributed by atoms with Gasteiger partial charge in [-0.15, -0.1) is 5.10 Å². The summed E-state index contributed by atoms with van der Waals surface area (Å²) >= 11 is 6.08. The van der Waals surface area contributed by atoms with Crippen molar-refractivity contribution in [1.82, 2.24) is 25.3 Å². The van der Waals surface area contributed by atoms with E-state index < -0.39 is 0 Å². The van der Waals surface area contributed by atoms with Gasteiger partial charge in [0.2, 0.25) is 5.91 Å². The lowest BCUT2D eigenvalue weighted by molar-refractivity contribution is -0.125. The Morgan fingerprint density at radius 2 is 1.69 bits per heavy atom. The summed E-state index contributed by atoms with van der Waals surface area (Å²) in [7, 11) is 0. The number of halogens is 1. The summed E-state index contributed by atoms with van der Waals surface area (Å²) < 4.78 is 1.92. The first-order valence-corrected chi connectivity index (χ1v) is 12.4. The predicted octanol–water partition coefficient (Wildman–Crippen LogP) is 4.93. The highest BCUT2D eigenvalue weighted by atomic mass is 35.5. The van der Waals surface area contributed by atoms with Crippen molar-refractivity contribution in [2.45, 2.75) is 40.2 Å². The normalized spacial score (nSPS) is 14.5. The number of aromatic nitrogens is 4. The highest BCUT2D eigenvalue weighted by Gasteiger charge is 2.28. The van der Waals surface area contributed by atoms with Gasteiger partial charge in [0.15, 0.2) is 5.82 Å². The molecule has 0 bridgehead atoms.